The number of hydrogen-bond acceptors (Lipinski definition) is 5. The quantitative estimate of drug-likeness (QED) is 0.656. The first-order chi connectivity index (χ1) is 13.8. The SMILES string of the molecule is CCC1=CC(c2ccnc(CN)c2)=C(O)C1(C)Oc1ccc(F)cc1CC(=O)O. The van der Waals surface area contributed by atoms with Crippen molar-refractivity contribution in [3.63, 3.8) is 0 Å². The number of carbonyl (C=O) groups is 1. The second-order valence-electron chi connectivity index (χ2n) is 6.98. The summed E-state index contributed by atoms with van der Waals surface area (Å²) in [7, 11) is 0. The lowest BCUT2D eigenvalue weighted by molar-refractivity contribution is -0.136. The van der Waals surface area contributed by atoms with Crippen molar-refractivity contribution in [3.8, 4) is 5.75 Å². The number of ether oxygens (including phenoxy) is 1. The Morgan fingerprint density at radius 3 is 2.72 bits per heavy atom. The summed E-state index contributed by atoms with van der Waals surface area (Å²) in [6.07, 6.45) is 3.67. The molecule has 0 saturated carbocycles. The largest absolute Gasteiger partial charge is 0.507 e. The molecule has 6 nitrogen and oxygen atoms in total. The smallest absolute Gasteiger partial charge is 0.307 e. The highest BCUT2D eigenvalue weighted by Gasteiger charge is 2.42. The average Bonchev–Trinajstić information content (AvgIpc) is 2.94. The highest BCUT2D eigenvalue weighted by atomic mass is 19.1. The number of nitrogens with two attached hydrogens (primary N) is 1. The first-order valence-electron chi connectivity index (χ1n) is 9.27. The summed E-state index contributed by atoms with van der Waals surface area (Å²) in [5.74, 6) is -1.45. The standard InChI is InChI=1S/C22H23FN2O4/c1-3-15-11-18(13-6-7-25-17(9-13)12-24)21(28)22(15,2)29-19-5-4-16(23)8-14(19)10-20(26)27/h4-9,11,28H,3,10,12,24H2,1-2H3,(H,26,27). The van der Waals surface area contributed by atoms with Crippen molar-refractivity contribution >= 4 is 11.5 Å². The number of carboxylic acids is 1. The number of rotatable bonds is 7. The molecule has 1 aromatic carbocycles. The molecule has 152 valence electrons. The summed E-state index contributed by atoms with van der Waals surface area (Å²) in [5, 5.41) is 20.2. The van der Waals surface area contributed by atoms with E-state index < -0.39 is 23.8 Å². The summed E-state index contributed by atoms with van der Waals surface area (Å²) in [6.45, 7) is 3.92. The first kappa shape index (κ1) is 20.5. The number of hydrogen-bond donors (Lipinski definition) is 3. The van der Waals surface area contributed by atoms with Crippen LogP contribution in [0.4, 0.5) is 4.39 Å². The lowest BCUT2D eigenvalue weighted by Crippen LogP contribution is -2.35. The van der Waals surface area contributed by atoms with Crippen molar-refractivity contribution < 1.29 is 24.1 Å². The number of nitrogens with zero attached hydrogens (tertiary/aromatic N) is 1. The zero-order chi connectivity index (χ0) is 21.2. The van der Waals surface area contributed by atoms with Gasteiger partial charge in [0.25, 0.3) is 0 Å². The highest BCUT2D eigenvalue weighted by molar-refractivity contribution is 5.82. The predicted molar refractivity (Wildman–Crippen MR) is 107 cm³/mol. The van der Waals surface area contributed by atoms with Crippen LogP contribution in [0.1, 0.15) is 37.1 Å². The maximum atomic E-state index is 13.6. The molecule has 0 aliphatic heterocycles. The fourth-order valence-corrected chi connectivity index (χ4v) is 3.49. The van der Waals surface area contributed by atoms with Crippen LogP contribution < -0.4 is 10.5 Å². The Kier molecular flexibility index (Phi) is 5.70. The fourth-order valence-electron chi connectivity index (χ4n) is 3.49. The van der Waals surface area contributed by atoms with Crippen LogP contribution >= 0.6 is 0 Å². The Morgan fingerprint density at radius 2 is 2.07 bits per heavy atom. The van der Waals surface area contributed by atoms with E-state index in [1.165, 1.54) is 12.1 Å². The van der Waals surface area contributed by atoms with Gasteiger partial charge in [0.1, 0.15) is 17.3 Å². The Hall–Kier alpha value is -3.19. The zero-order valence-electron chi connectivity index (χ0n) is 16.3. The lowest BCUT2D eigenvalue weighted by atomic mass is 9.95. The third-order valence-corrected chi connectivity index (χ3v) is 5.03. The molecule has 1 heterocycles. The van der Waals surface area contributed by atoms with E-state index in [1.54, 1.807) is 25.3 Å². The summed E-state index contributed by atoms with van der Waals surface area (Å²) in [6, 6.07) is 7.29. The Labute approximate surface area is 168 Å². The van der Waals surface area contributed by atoms with Gasteiger partial charge in [0.2, 0.25) is 0 Å². The minimum Gasteiger partial charge on any atom is -0.507 e. The van der Waals surface area contributed by atoms with Crippen LogP contribution in [0.2, 0.25) is 0 Å². The van der Waals surface area contributed by atoms with E-state index >= 15 is 0 Å². The maximum absolute atomic E-state index is 13.6. The van der Waals surface area contributed by atoms with Crippen LogP contribution in [-0.2, 0) is 17.8 Å². The molecule has 1 unspecified atom stereocenters. The normalized spacial score (nSPS) is 18.7. The van der Waals surface area contributed by atoms with E-state index in [0.717, 1.165) is 17.2 Å². The Morgan fingerprint density at radius 1 is 1.31 bits per heavy atom. The number of aliphatic carboxylic acids is 1. The molecule has 29 heavy (non-hydrogen) atoms. The Bertz CT molecular complexity index is 1020. The van der Waals surface area contributed by atoms with Crippen molar-refractivity contribution in [2.75, 3.05) is 0 Å². The number of halogens is 1. The molecular weight excluding hydrogens is 375 g/mol. The van der Waals surface area contributed by atoms with Gasteiger partial charge in [-0.25, -0.2) is 4.39 Å². The number of aromatic nitrogens is 1. The maximum Gasteiger partial charge on any atom is 0.307 e. The number of aliphatic hydroxyl groups is 1. The minimum atomic E-state index is -1.21. The van der Waals surface area contributed by atoms with E-state index in [9.17, 15) is 14.3 Å². The molecule has 2 aromatic rings. The van der Waals surface area contributed by atoms with Crippen LogP contribution in [0, 0.1) is 5.82 Å². The van der Waals surface area contributed by atoms with E-state index in [2.05, 4.69) is 4.98 Å². The van der Waals surface area contributed by atoms with E-state index in [-0.39, 0.29) is 23.6 Å². The van der Waals surface area contributed by atoms with Crippen LogP contribution in [0.5, 0.6) is 5.75 Å². The molecule has 4 N–H and O–H groups in total. The van der Waals surface area contributed by atoms with Gasteiger partial charge in [-0.3, -0.25) is 9.78 Å². The van der Waals surface area contributed by atoms with Crippen LogP contribution in [0.25, 0.3) is 5.57 Å². The molecule has 3 rings (SSSR count). The summed E-state index contributed by atoms with van der Waals surface area (Å²) in [4.78, 5) is 15.3. The van der Waals surface area contributed by atoms with Gasteiger partial charge in [-0.1, -0.05) is 6.92 Å². The molecule has 0 spiro atoms. The molecule has 1 atom stereocenters. The van der Waals surface area contributed by atoms with Gasteiger partial charge in [-0.05, 0) is 60.9 Å². The first-order valence-corrected chi connectivity index (χ1v) is 9.27. The van der Waals surface area contributed by atoms with Crippen molar-refractivity contribution in [3.05, 3.63) is 76.6 Å². The summed E-state index contributed by atoms with van der Waals surface area (Å²) in [5.41, 5.74) is 7.49. The van der Waals surface area contributed by atoms with Crippen molar-refractivity contribution in [1.29, 1.82) is 0 Å². The lowest BCUT2D eigenvalue weighted by Gasteiger charge is -2.30. The van der Waals surface area contributed by atoms with E-state index in [4.69, 9.17) is 15.6 Å². The molecule has 1 aliphatic rings. The van der Waals surface area contributed by atoms with Gasteiger partial charge in [-0.2, -0.15) is 0 Å². The van der Waals surface area contributed by atoms with Crippen LogP contribution in [0.15, 0.2) is 53.9 Å². The zero-order valence-corrected chi connectivity index (χ0v) is 16.3. The second kappa shape index (κ2) is 8.05. The predicted octanol–water partition coefficient (Wildman–Crippen LogP) is 3.76. The number of carboxylic acid groups (broad SMARTS) is 1. The molecular formula is C22H23FN2O4. The van der Waals surface area contributed by atoms with Gasteiger partial charge in [0.05, 0.1) is 12.1 Å². The van der Waals surface area contributed by atoms with Crippen molar-refractivity contribution in [2.24, 2.45) is 5.73 Å². The summed E-state index contributed by atoms with van der Waals surface area (Å²) < 4.78 is 19.8. The topological polar surface area (TPSA) is 106 Å². The molecule has 0 radical (unpaired) electrons. The third-order valence-electron chi connectivity index (χ3n) is 5.03. The number of pyridine rings is 1. The van der Waals surface area contributed by atoms with Crippen molar-refractivity contribution in [2.45, 2.75) is 38.8 Å². The van der Waals surface area contributed by atoms with E-state index in [0.29, 0.717) is 17.7 Å². The molecule has 1 aromatic heterocycles. The van der Waals surface area contributed by atoms with Crippen LogP contribution in [-0.4, -0.2) is 26.8 Å². The van der Waals surface area contributed by atoms with Crippen molar-refractivity contribution in [1.82, 2.24) is 4.98 Å². The van der Waals surface area contributed by atoms with E-state index in [1.807, 2.05) is 13.0 Å². The monoisotopic (exact) mass is 398 g/mol. The van der Waals surface area contributed by atoms with Gasteiger partial charge in [-0.15, -0.1) is 0 Å². The van der Waals surface area contributed by atoms with Gasteiger partial charge < -0.3 is 20.7 Å². The second-order valence-corrected chi connectivity index (χ2v) is 6.98. The molecule has 0 bridgehead atoms. The molecule has 0 saturated heterocycles. The molecule has 0 amide bonds. The Balaban J connectivity index is 2.05. The molecule has 1 aliphatic carbocycles. The number of benzene rings is 1. The third kappa shape index (κ3) is 4.00. The molecule has 0 fully saturated rings. The van der Waals surface area contributed by atoms with Crippen LogP contribution in [0.3, 0.4) is 0 Å². The highest BCUT2D eigenvalue weighted by Crippen LogP contribution is 2.43. The van der Waals surface area contributed by atoms with Gasteiger partial charge >= 0.3 is 5.97 Å². The summed E-state index contributed by atoms with van der Waals surface area (Å²) >= 11 is 0. The fraction of sp³-hybridized carbons (Fsp3) is 0.273. The van der Waals surface area contributed by atoms with Gasteiger partial charge in [0, 0.05) is 23.9 Å². The number of allylic oxidation sites excluding steroid dienone is 2. The minimum absolute atomic E-state index is 0.00544. The average molecular weight is 398 g/mol. The number of aliphatic hydroxyl groups excluding tert-OH is 1. The molecule has 7 heteroatoms. The van der Waals surface area contributed by atoms with Gasteiger partial charge in [0.15, 0.2) is 5.60 Å².